The summed E-state index contributed by atoms with van der Waals surface area (Å²) in [5.41, 5.74) is 6.79. The van der Waals surface area contributed by atoms with Crippen LogP contribution in [0.4, 0.5) is 0 Å². The maximum absolute atomic E-state index is 12.0. The van der Waals surface area contributed by atoms with E-state index in [4.69, 9.17) is 5.73 Å². The summed E-state index contributed by atoms with van der Waals surface area (Å²) in [6.45, 7) is 5.69. The predicted octanol–water partition coefficient (Wildman–Crippen LogP) is 1.30. The van der Waals surface area contributed by atoms with Crippen molar-refractivity contribution in [3.63, 3.8) is 0 Å². The van der Waals surface area contributed by atoms with Gasteiger partial charge in [0.05, 0.1) is 6.42 Å². The molecule has 0 aliphatic rings. The second-order valence-corrected chi connectivity index (χ2v) is 5.85. The fourth-order valence-corrected chi connectivity index (χ4v) is 1.96. The topological polar surface area (TPSA) is 92.4 Å². The van der Waals surface area contributed by atoms with Gasteiger partial charge in [-0.15, -0.1) is 0 Å². The Balaban J connectivity index is 2.79. The van der Waals surface area contributed by atoms with Crippen molar-refractivity contribution in [2.45, 2.75) is 39.8 Å². The van der Waals surface area contributed by atoms with Crippen LogP contribution < -0.4 is 11.1 Å². The molecule has 0 unspecified atom stereocenters. The Morgan fingerprint density at radius 3 is 2.25 bits per heavy atom. The van der Waals surface area contributed by atoms with Crippen LogP contribution in [-0.2, 0) is 22.6 Å². The van der Waals surface area contributed by atoms with Crippen LogP contribution in [0, 0.1) is 5.41 Å². The van der Waals surface area contributed by atoms with Crippen molar-refractivity contribution >= 4 is 11.9 Å². The van der Waals surface area contributed by atoms with Crippen molar-refractivity contribution in [2.24, 2.45) is 11.1 Å². The number of aliphatic carboxylic acids is 1. The molecule has 1 aromatic rings. The summed E-state index contributed by atoms with van der Waals surface area (Å²) in [5, 5.41) is 11.8. The quantitative estimate of drug-likeness (QED) is 0.757. The molecular formula is C15H22N2O3. The minimum atomic E-state index is -1.03. The summed E-state index contributed by atoms with van der Waals surface area (Å²) in [4.78, 5) is 23.2. The molecule has 0 saturated heterocycles. The number of carboxylic acids is 1. The van der Waals surface area contributed by atoms with E-state index in [2.05, 4.69) is 5.32 Å². The highest BCUT2D eigenvalue weighted by molar-refractivity contribution is 5.85. The highest BCUT2D eigenvalue weighted by Crippen LogP contribution is 2.19. The Kier molecular flexibility index (Phi) is 5.27. The molecule has 0 saturated carbocycles. The summed E-state index contributed by atoms with van der Waals surface area (Å²) in [7, 11) is 0. The Labute approximate surface area is 119 Å². The maximum atomic E-state index is 12.0. The molecule has 110 valence electrons. The first-order valence-electron chi connectivity index (χ1n) is 6.54. The maximum Gasteiger partial charge on any atom is 0.326 e. The second kappa shape index (κ2) is 6.52. The molecule has 0 bridgehead atoms. The van der Waals surface area contributed by atoms with E-state index >= 15 is 0 Å². The number of nitrogens with two attached hydrogens (primary N) is 1. The van der Waals surface area contributed by atoms with Crippen molar-refractivity contribution in [1.29, 1.82) is 0 Å². The molecule has 0 radical (unpaired) electrons. The molecule has 0 aliphatic heterocycles. The van der Waals surface area contributed by atoms with E-state index in [0.717, 1.165) is 11.1 Å². The van der Waals surface area contributed by atoms with E-state index in [0.29, 0.717) is 6.54 Å². The van der Waals surface area contributed by atoms with Crippen molar-refractivity contribution in [2.75, 3.05) is 0 Å². The predicted molar refractivity (Wildman–Crippen MR) is 77.1 cm³/mol. The van der Waals surface area contributed by atoms with Crippen molar-refractivity contribution in [3.05, 3.63) is 35.4 Å². The third kappa shape index (κ3) is 4.35. The zero-order chi connectivity index (χ0) is 15.3. The molecule has 4 N–H and O–H groups in total. The zero-order valence-electron chi connectivity index (χ0n) is 12.1. The van der Waals surface area contributed by atoms with Crippen molar-refractivity contribution in [3.8, 4) is 0 Å². The number of carboxylic acid groups (broad SMARTS) is 1. The zero-order valence-corrected chi connectivity index (χ0v) is 12.1. The fraction of sp³-hybridized carbons (Fsp3) is 0.467. The van der Waals surface area contributed by atoms with Crippen molar-refractivity contribution < 1.29 is 14.7 Å². The monoisotopic (exact) mass is 278 g/mol. The minimum absolute atomic E-state index is 0.132. The number of benzene rings is 1. The second-order valence-electron chi connectivity index (χ2n) is 5.85. The molecule has 1 rings (SSSR count). The molecule has 20 heavy (non-hydrogen) atoms. The first-order chi connectivity index (χ1) is 9.25. The van der Waals surface area contributed by atoms with Gasteiger partial charge in [0.15, 0.2) is 0 Å². The first-order valence-corrected chi connectivity index (χ1v) is 6.54. The highest BCUT2D eigenvalue weighted by Gasteiger charge is 2.32. The van der Waals surface area contributed by atoms with E-state index in [1.54, 1.807) is 20.8 Å². The van der Waals surface area contributed by atoms with Crippen LogP contribution in [0.15, 0.2) is 24.3 Å². The normalized spacial score (nSPS) is 12.8. The SMILES string of the molecule is CC(C)(C)[C@@H](NC(=O)Cc1ccccc1CN)C(=O)O. The van der Waals surface area contributed by atoms with Gasteiger partial charge < -0.3 is 16.2 Å². The Bertz CT molecular complexity index is 492. The van der Waals surface area contributed by atoms with Gasteiger partial charge in [-0.25, -0.2) is 4.79 Å². The molecule has 0 aromatic heterocycles. The average molecular weight is 278 g/mol. The molecule has 5 heteroatoms. The van der Waals surface area contributed by atoms with Crippen molar-refractivity contribution in [1.82, 2.24) is 5.32 Å². The lowest BCUT2D eigenvalue weighted by molar-refractivity contribution is -0.144. The standard InChI is InChI=1S/C15H22N2O3/c1-15(2,3)13(14(19)20)17-12(18)8-10-6-4-5-7-11(10)9-16/h4-7,13H,8-9,16H2,1-3H3,(H,17,18)(H,19,20)/t13-/m0/s1. The molecule has 0 heterocycles. The number of nitrogens with one attached hydrogen (secondary N) is 1. The minimum Gasteiger partial charge on any atom is -0.480 e. The smallest absolute Gasteiger partial charge is 0.326 e. The van der Waals surface area contributed by atoms with E-state index in [1.165, 1.54) is 0 Å². The third-order valence-corrected chi connectivity index (χ3v) is 3.11. The number of carbonyl (C=O) groups is 2. The van der Waals surface area contributed by atoms with Gasteiger partial charge in [-0.3, -0.25) is 4.79 Å². The largest absolute Gasteiger partial charge is 0.480 e. The van der Waals surface area contributed by atoms with E-state index in [-0.39, 0.29) is 12.3 Å². The van der Waals surface area contributed by atoms with Crippen LogP contribution in [0.2, 0.25) is 0 Å². The lowest BCUT2D eigenvalue weighted by Gasteiger charge is -2.27. The van der Waals surface area contributed by atoms with Gasteiger partial charge in [0, 0.05) is 6.54 Å². The molecule has 1 aromatic carbocycles. The number of hydrogen-bond donors (Lipinski definition) is 3. The summed E-state index contributed by atoms with van der Waals surface area (Å²) in [6.07, 6.45) is 0.132. The average Bonchev–Trinajstić information content (AvgIpc) is 2.35. The molecular weight excluding hydrogens is 256 g/mol. The van der Waals surface area contributed by atoms with Gasteiger partial charge in [0.25, 0.3) is 0 Å². The van der Waals surface area contributed by atoms with Gasteiger partial charge in [-0.05, 0) is 16.5 Å². The van der Waals surface area contributed by atoms with Gasteiger partial charge in [0.2, 0.25) is 5.91 Å². The molecule has 0 spiro atoms. The van der Waals surface area contributed by atoms with Gasteiger partial charge >= 0.3 is 5.97 Å². The van der Waals surface area contributed by atoms with Crippen LogP contribution in [-0.4, -0.2) is 23.0 Å². The Morgan fingerprint density at radius 1 is 1.25 bits per heavy atom. The van der Waals surface area contributed by atoms with Crippen LogP contribution in [0.3, 0.4) is 0 Å². The third-order valence-electron chi connectivity index (χ3n) is 3.11. The van der Waals surface area contributed by atoms with Gasteiger partial charge in [-0.2, -0.15) is 0 Å². The van der Waals surface area contributed by atoms with Crippen LogP contribution in [0.1, 0.15) is 31.9 Å². The number of hydrogen-bond acceptors (Lipinski definition) is 3. The van der Waals surface area contributed by atoms with E-state index in [9.17, 15) is 14.7 Å². The number of rotatable bonds is 5. The van der Waals surface area contributed by atoms with Crippen LogP contribution >= 0.6 is 0 Å². The summed E-state index contributed by atoms with van der Waals surface area (Å²) < 4.78 is 0. The molecule has 1 amide bonds. The lowest BCUT2D eigenvalue weighted by atomic mass is 9.86. The van der Waals surface area contributed by atoms with Crippen LogP contribution in [0.25, 0.3) is 0 Å². The van der Waals surface area contributed by atoms with Gasteiger partial charge in [-0.1, -0.05) is 45.0 Å². The van der Waals surface area contributed by atoms with E-state index in [1.807, 2.05) is 24.3 Å². The number of carbonyl (C=O) groups excluding carboxylic acids is 1. The summed E-state index contributed by atoms with van der Waals surface area (Å²) in [5.74, 6) is -1.34. The Hall–Kier alpha value is -1.88. The fourth-order valence-electron chi connectivity index (χ4n) is 1.96. The van der Waals surface area contributed by atoms with Crippen LogP contribution in [0.5, 0.6) is 0 Å². The summed E-state index contributed by atoms with van der Waals surface area (Å²) >= 11 is 0. The van der Waals surface area contributed by atoms with E-state index < -0.39 is 17.4 Å². The molecule has 0 aliphatic carbocycles. The first kappa shape index (κ1) is 16.2. The Morgan fingerprint density at radius 2 is 1.80 bits per heavy atom. The summed E-state index contributed by atoms with van der Waals surface area (Å²) in [6, 6.07) is 6.47. The molecule has 0 fully saturated rings. The molecule has 1 atom stereocenters. The van der Waals surface area contributed by atoms with Gasteiger partial charge in [0.1, 0.15) is 6.04 Å². The lowest BCUT2D eigenvalue weighted by Crippen LogP contribution is -2.49. The highest BCUT2D eigenvalue weighted by atomic mass is 16.4. The molecule has 5 nitrogen and oxygen atoms in total. The number of amides is 1.